The van der Waals surface area contributed by atoms with E-state index in [4.69, 9.17) is 16.3 Å². The van der Waals surface area contributed by atoms with Crippen LogP contribution in [0.5, 0.6) is 0 Å². The third-order valence-corrected chi connectivity index (χ3v) is 3.12. The van der Waals surface area contributed by atoms with E-state index >= 15 is 0 Å². The van der Waals surface area contributed by atoms with Gasteiger partial charge in [-0.15, -0.1) is 0 Å². The lowest BCUT2D eigenvalue weighted by Gasteiger charge is -2.31. The molecule has 1 atom stereocenters. The molecule has 1 aliphatic rings. The van der Waals surface area contributed by atoms with Crippen molar-refractivity contribution in [3.63, 3.8) is 0 Å². The van der Waals surface area contributed by atoms with E-state index in [-0.39, 0.29) is 12.0 Å². The normalized spacial score (nSPS) is 19.6. The summed E-state index contributed by atoms with van der Waals surface area (Å²) in [4.78, 5) is 20.7. The molecule has 1 unspecified atom stereocenters. The topological polar surface area (TPSA) is 84.2 Å². The number of morpholine rings is 1. The second-order valence-corrected chi connectivity index (χ2v) is 4.57. The van der Waals surface area contributed by atoms with Gasteiger partial charge in [-0.05, 0) is 6.07 Å². The van der Waals surface area contributed by atoms with Crippen LogP contribution in [0.25, 0.3) is 0 Å². The molecule has 19 heavy (non-hydrogen) atoms. The summed E-state index contributed by atoms with van der Waals surface area (Å²) in [6.45, 7) is 1.33. The average Bonchev–Trinajstić information content (AvgIpc) is 3.09. The highest BCUT2D eigenvalue weighted by molar-refractivity contribution is 6.30. The summed E-state index contributed by atoms with van der Waals surface area (Å²) in [5.74, 6) is 0.325. The number of hydrogen-bond acceptors (Lipinski definition) is 5. The Hall–Kier alpha value is -1.86. The summed E-state index contributed by atoms with van der Waals surface area (Å²) in [7, 11) is 0. The van der Waals surface area contributed by atoms with Crippen LogP contribution in [0.15, 0.2) is 23.2 Å². The van der Waals surface area contributed by atoms with Crippen molar-refractivity contribution in [3.05, 3.63) is 35.2 Å². The fourth-order valence-electron chi connectivity index (χ4n) is 1.97. The SMILES string of the molecule is O=C(c1cc(Cl)c[nH]1)N1CCOC(c2ncon2)C1. The van der Waals surface area contributed by atoms with Gasteiger partial charge in [0.15, 0.2) is 0 Å². The molecule has 1 amide bonds. The second-order valence-electron chi connectivity index (χ2n) is 4.13. The summed E-state index contributed by atoms with van der Waals surface area (Å²) in [5, 5.41) is 4.24. The minimum Gasteiger partial charge on any atom is -0.366 e. The highest BCUT2D eigenvalue weighted by Crippen LogP contribution is 2.21. The van der Waals surface area contributed by atoms with E-state index in [2.05, 4.69) is 19.6 Å². The van der Waals surface area contributed by atoms with Gasteiger partial charge in [0, 0.05) is 12.7 Å². The van der Waals surface area contributed by atoms with E-state index in [0.29, 0.717) is 36.2 Å². The Bertz CT molecular complexity index is 568. The number of amides is 1. The number of hydrogen-bond donors (Lipinski definition) is 1. The molecule has 3 rings (SSSR count). The van der Waals surface area contributed by atoms with Gasteiger partial charge in [-0.25, -0.2) is 0 Å². The molecular weight excluding hydrogens is 272 g/mol. The van der Waals surface area contributed by atoms with Crippen molar-refractivity contribution in [1.82, 2.24) is 20.0 Å². The molecule has 0 radical (unpaired) electrons. The lowest BCUT2D eigenvalue weighted by molar-refractivity contribution is -0.0278. The smallest absolute Gasteiger partial charge is 0.270 e. The molecule has 1 aliphatic heterocycles. The first kappa shape index (κ1) is 12.2. The largest absolute Gasteiger partial charge is 0.366 e. The predicted molar refractivity (Wildman–Crippen MR) is 64.7 cm³/mol. The van der Waals surface area contributed by atoms with Crippen molar-refractivity contribution < 1.29 is 14.1 Å². The zero-order chi connectivity index (χ0) is 13.2. The summed E-state index contributed by atoms with van der Waals surface area (Å²) < 4.78 is 10.2. The molecule has 1 N–H and O–H groups in total. The van der Waals surface area contributed by atoms with E-state index in [1.54, 1.807) is 17.2 Å². The minimum absolute atomic E-state index is 0.122. The van der Waals surface area contributed by atoms with Gasteiger partial charge in [0.2, 0.25) is 12.2 Å². The molecule has 8 heteroatoms. The average molecular weight is 283 g/mol. The third-order valence-electron chi connectivity index (χ3n) is 2.90. The highest BCUT2D eigenvalue weighted by atomic mass is 35.5. The first-order chi connectivity index (χ1) is 9.24. The number of ether oxygens (including phenoxy) is 1. The fourth-order valence-corrected chi connectivity index (χ4v) is 2.14. The summed E-state index contributed by atoms with van der Waals surface area (Å²) in [5.41, 5.74) is 0.457. The molecular formula is C11H11ClN4O3. The Kier molecular flexibility index (Phi) is 3.22. The Balaban J connectivity index is 1.73. The standard InChI is InChI=1S/C11H11ClN4O3/c12-7-3-8(13-4-7)11(17)16-1-2-18-9(5-16)10-14-6-19-15-10/h3-4,6,9,13H,1-2,5H2. The van der Waals surface area contributed by atoms with E-state index in [1.165, 1.54) is 6.39 Å². The Morgan fingerprint density at radius 3 is 3.16 bits per heavy atom. The molecule has 0 spiro atoms. The van der Waals surface area contributed by atoms with Crippen LogP contribution in [0.1, 0.15) is 22.4 Å². The number of carbonyl (C=O) groups excluding carboxylic acids is 1. The van der Waals surface area contributed by atoms with Gasteiger partial charge < -0.3 is 19.1 Å². The van der Waals surface area contributed by atoms with Crippen LogP contribution in [0.4, 0.5) is 0 Å². The number of rotatable bonds is 2. The van der Waals surface area contributed by atoms with E-state index in [0.717, 1.165) is 0 Å². The number of halogens is 1. The van der Waals surface area contributed by atoms with Crippen LogP contribution in [0, 0.1) is 0 Å². The van der Waals surface area contributed by atoms with Crippen molar-refractivity contribution in [2.24, 2.45) is 0 Å². The van der Waals surface area contributed by atoms with Crippen molar-refractivity contribution in [1.29, 1.82) is 0 Å². The van der Waals surface area contributed by atoms with Crippen LogP contribution < -0.4 is 0 Å². The number of aromatic nitrogens is 3. The fraction of sp³-hybridized carbons (Fsp3) is 0.364. The summed E-state index contributed by atoms with van der Waals surface area (Å²) in [6, 6.07) is 1.60. The maximum absolute atomic E-state index is 12.2. The molecule has 100 valence electrons. The van der Waals surface area contributed by atoms with Gasteiger partial charge in [0.05, 0.1) is 18.2 Å². The van der Waals surface area contributed by atoms with Gasteiger partial charge in [-0.3, -0.25) is 4.79 Å². The third kappa shape index (κ3) is 2.47. The molecule has 7 nitrogen and oxygen atoms in total. The second kappa shape index (κ2) is 5.02. The summed E-state index contributed by atoms with van der Waals surface area (Å²) >= 11 is 5.79. The molecule has 0 aliphatic carbocycles. The monoisotopic (exact) mass is 282 g/mol. The molecule has 0 bridgehead atoms. The molecule has 0 aromatic carbocycles. The number of nitrogens with zero attached hydrogens (tertiary/aromatic N) is 3. The number of H-pyrrole nitrogens is 1. The molecule has 1 fully saturated rings. The van der Waals surface area contributed by atoms with Gasteiger partial charge in [0.1, 0.15) is 11.8 Å². The van der Waals surface area contributed by atoms with Crippen LogP contribution in [-0.4, -0.2) is 45.6 Å². The number of nitrogens with one attached hydrogen (secondary N) is 1. The number of aromatic amines is 1. The van der Waals surface area contributed by atoms with Crippen LogP contribution in [0.2, 0.25) is 5.02 Å². The molecule has 3 heterocycles. The van der Waals surface area contributed by atoms with Gasteiger partial charge in [-0.2, -0.15) is 4.98 Å². The lowest BCUT2D eigenvalue weighted by atomic mass is 10.2. The summed E-state index contributed by atoms with van der Waals surface area (Å²) in [6.07, 6.45) is 2.46. The van der Waals surface area contributed by atoms with Crippen LogP contribution in [0.3, 0.4) is 0 Å². The van der Waals surface area contributed by atoms with Crippen LogP contribution >= 0.6 is 11.6 Å². The quantitative estimate of drug-likeness (QED) is 0.896. The van der Waals surface area contributed by atoms with E-state index < -0.39 is 0 Å². The van der Waals surface area contributed by atoms with Crippen molar-refractivity contribution in [2.45, 2.75) is 6.10 Å². The zero-order valence-corrected chi connectivity index (χ0v) is 10.6. The highest BCUT2D eigenvalue weighted by Gasteiger charge is 2.29. The van der Waals surface area contributed by atoms with Gasteiger partial charge >= 0.3 is 0 Å². The molecule has 0 saturated carbocycles. The van der Waals surface area contributed by atoms with Gasteiger partial charge in [-0.1, -0.05) is 16.8 Å². The van der Waals surface area contributed by atoms with E-state index in [9.17, 15) is 4.79 Å². The first-order valence-electron chi connectivity index (χ1n) is 5.75. The maximum atomic E-state index is 12.2. The minimum atomic E-state index is -0.359. The first-order valence-corrected chi connectivity index (χ1v) is 6.13. The molecule has 1 saturated heterocycles. The molecule has 2 aromatic rings. The molecule has 2 aromatic heterocycles. The Morgan fingerprint density at radius 2 is 2.47 bits per heavy atom. The van der Waals surface area contributed by atoms with Crippen molar-refractivity contribution in [3.8, 4) is 0 Å². The van der Waals surface area contributed by atoms with E-state index in [1.807, 2.05) is 0 Å². The van der Waals surface area contributed by atoms with Crippen LogP contribution in [-0.2, 0) is 4.74 Å². The maximum Gasteiger partial charge on any atom is 0.270 e. The van der Waals surface area contributed by atoms with Gasteiger partial charge in [0.25, 0.3) is 5.91 Å². The van der Waals surface area contributed by atoms with Crippen molar-refractivity contribution in [2.75, 3.05) is 19.7 Å². The lowest BCUT2D eigenvalue weighted by Crippen LogP contribution is -2.42. The zero-order valence-electron chi connectivity index (χ0n) is 9.88. The number of carbonyl (C=O) groups is 1. The Labute approximate surface area is 113 Å². The Morgan fingerprint density at radius 1 is 1.58 bits per heavy atom. The van der Waals surface area contributed by atoms with Crippen molar-refractivity contribution >= 4 is 17.5 Å². The predicted octanol–water partition coefficient (Wildman–Crippen LogP) is 1.26.